The van der Waals surface area contributed by atoms with E-state index in [1.807, 2.05) is 0 Å². The third kappa shape index (κ3) is 0.721. The number of cyclic esters (lactones) is 1. The van der Waals surface area contributed by atoms with Crippen LogP contribution in [0, 0.1) is 0 Å². The molecule has 0 fully saturated rings. The smallest absolute Gasteiger partial charge is 0.333 e. The van der Waals surface area contributed by atoms with Crippen molar-refractivity contribution in [3.8, 4) is 0 Å². The summed E-state index contributed by atoms with van der Waals surface area (Å²) in [6.45, 7) is 1.63. The van der Waals surface area contributed by atoms with E-state index in [0.717, 1.165) is 0 Å². The minimum Gasteiger partial charge on any atom is -0.429 e. The van der Waals surface area contributed by atoms with E-state index in [1.54, 1.807) is 6.92 Å². The second kappa shape index (κ2) is 1.59. The van der Waals surface area contributed by atoms with Gasteiger partial charge in [0.15, 0.2) is 0 Å². The maximum Gasteiger partial charge on any atom is 0.333 e. The van der Waals surface area contributed by atoms with Crippen molar-refractivity contribution >= 4 is 5.97 Å². The summed E-state index contributed by atoms with van der Waals surface area (Å²) in [5, 5.41) is 8.66. The molecule has 0 unspecified atom stereocenters. The third-order valence-electron chi connectivity index (χ3n) is 0.963. The fraction of sp³-hybridized carbons (Fsp3) is 0.400. The topological polar surface area (TPSA) is 46.5 Å². The molecule has 8 heavy (non-hydrogen) atoms. The maximum absolute atomic E-state index is 10.2. The molecule has 3 nitrogen and oxygen atoms in total. The zero-order valence-corrected chi connectivity index (χ0v) is 4.42. The standard InChI is InChI=1S/C5H6O3/c1-3-2-4(6)8-5(3)7/h2,5,7H,1H3/t5-/m0/s1. The van der Waals surface area contributed by atoms with Crippen molar-refractivity contribution in [1.29, 1.82) is 0 Å². The van der Waals surface area contributed by atoms with Crippen LogP contribution in [0.3, 0.4) is 0 Å². The molecule has 1 aliphatic heterocycles. The van der Waals surface area contributed by atoms with E-state index in [0.29, 0.717) is 5.57 Å². The van der Waals surface area contributed by atoms with E-state index in [9.17, 15) is 4.79 Å². The quantitative estimate of drug-likeness (QED) is 0.444. The molecule has 1 N–H and O–H groups in total. The Bertz CT molecular complexity index is 148. The molecule has 0 saturated carbocycles. The van der Waals surface area contributed by atoms with Gasteiger partial charge in [0.25, 0.3) is 0 Å². The Labute approximate surface area is 46.6 Å². The first-order valence-corrected chi connectivity index (χ1v) is 2.27. The number of hydrogen-bond acceptors (Lipinski definition) is 3. The first-order valence-electron chi connectivity index (χ1n) is 2.27. The largest absolute Gasteiger partial charge is 0.429 e. The highest BCUT2D eigenvalue weighted by Crippen LogP contribution is 2.10. The lowest BCUT2D eigenvalue weighted by Crippen LogP contribution is -2.07. The van der Waals surface area contributed by atoms with Crippen molar-refractivity contribution in [3.63, 3.8) is 0 Å². The summed E-state index contributed by atoms with van der Waals surface area (Å²) in [5.74, 6) is -0.463. The van der Waals surface area contributed by atoms with Crippen molar-refractivity contribution in [2.45, 2.75) is 13.2 Å². The van der Waals surface area contributed by atoms with E-state index in [1.165, 1.54) is 6.08 Å². The molecule has 0 radical (unpaired) electrons. The van der Waals surface area contributed by atoms with Gasteiger partial charge in [-0.3, -0.25) is 0 Å². The van der Waals surface area contributed by atoms with E-state index in [-0.39, 0.29) is 0 Å². The zero-order valence-electron chi connectivity index (χ0n) is 4.42. The highest BCUT2D eigenvalue weighted by molar-refractivity contribution is 5.85. The Morgan fingerprint density at radius 3 is 2.62 bits per heavy atom. The van der Waals surface area contributed by atoms with Gasteiger partial charge < -0.3 is 9.84 Å². The lowest BCUT2D eigenvalue weighted by atomic mass is 10.3. The van der Waals surface area contributed by atoms with Crippen molar-refractivity contribution in [1.82, 2.24) is 0 Å². The predicted octanol–water partition coefficient (Wildman–Crippen LogP) is -0.192. The van der Waals surface area contributed by atoms with Crippen LogP contribution in [-0.2, 0) is 9.53 Å². The molecule has 1 rings (SSSR count). The van der Waals surface area contributed by atoms with Crippen LogP contribution in [0.2, 0.25) is 0 Å². The molecule has 0 amide bonds. The summed E-state index contributed by atoms with van der Waals surface area (Å²) in [5.41, 5.74) is 0.565. The van der Waals surface area contributed by atoms with Crippen molar-refractivity contribution in [2.75, 3.05) is 0 Å². The Hall–Kier alpha value is -0.830. The van der Waals surface area contributed by atoms with Gasteiger partial charge in [0.05, 0.1) is 0 Å². The van der Waals surface area contributed by atoms with Crippen LogP contribution in [0.15, 0.2) is 11.6 Å². The summed E-state index contributed by atoms with van der Waals surface area (Å²) >= 11 is 0. The molecule has 1 heterocycles. The summed E-state index contributed by atoms with van der Waals surface area (Å²) in [6.07, 6.45) is 0.271. The van der Waals surface area contributed by atoms with Crippen LogP contribution in [0.5, 0.6) is 0 Å². The van der Waals surface area contributed by atoms with Crippen molar-refractivity contribution in [2.24, 2.45) is 0 Å². The van der Waals surface area contributed by atoms with Gasteiger partial charge in [0.2, 0.25) is 6.29 Å². The van der Waals surface area contributed by atoms with Crippen molar-refractivity contribution < 1.29 is 14.6 Å². The monoisotopic (exact) mass is 114 g/mol. The SMILES string of the molecule is CC1=CC(=O)O[C@@H]1O. The van der Waals surface area contributed by atoms with Gasteiger partial charge in [-0.25, -0.2) is 4.79 Å². The molecule has 1 atom stereocenters. The Morgan fingerprint density at radius 1 is 1.88 bits per heavy atom. The van der Waals surface area contributed by atoms with Gasteiger partial charge in [-0.05, 0) is 6.92 Å². The fourth-order valence-electron chi connectivity index (χ4n) is 0.494. The van der Waals surface area contributed by atoms with Crippen LogP contribution in [0.4, 0.5) is 0 Å². The zero-order chi connectivity index (χ0) is 6.15. The molecule has 3 heteroatoms. The number of hydrogen-bond donors (Lipinski definition) is 1. The lowest BCUT2D eigenvalue weighted by molar-refractivity contribution is -0.151. The van der Waals surface area contributed by atoms with Gasteiger partial charge in [0, 0.05) is 11.6 Å². The average molecular weight is 114 g/mol. The highest BCUT2D eigenvalue weighted by Gasteiger charge is 2.18. The number of aliphatic hydroxyl groups is 1. The Kier molecular flexibility index (Phi) is 1.06. The van der Waals surface area contributed by atoms with E-state index in [2.05, 4.69) is 4.74 Å². The first kappa shape index (κ1) is 5.31. The van der Waals surface area contributed by atoms with E-state index in [4.69, 9.17) is 5.11 Å². The van der Waals surface area contributed by atoms with Crippen LogP contribution >= 0.6 is 0 Å². The molecular formula is C5H6O3. The van der Waals surface area contributed by atoms with Gasteiger partial charge >= 0.3 is 5.97 Å². The third-order valence-corrected chi connectivity index (χ3v) is 0.963. The number of carbonyl (C=O) groups is 1. The summed E-state index contributed by atoms with van der Waals surface area (Å²) in [4.78, 5) is 10.2. The van der Waals surface area contributed by atoms with E-state index < -0.39 is 12.3 Å². The molecule has 0 bridgehead atoms. The first-order chi connectivity index (χ1) is 3.70. The van der Waals surface area contributed by atoms with Gasteiger partial charge in [-0.1, -0.05) is 0 Å². The molecule has 0 aromatic rings. The molecule has 0 aromatic heterocycles. The summed E-state index contributed by atoms with van der Waals surface area (Å²) in [7, 11) is 0. The summed E-state index contributed by atoms with van der Waals surface area (Å²) in [6, 6.07) is 0. The number of aliphatic hydroxyl groups excluding tert-OH is 1. The number of esters is 1. The number of carbonyl (C=O) groups excluding carboxylic acids is 1. The fourth-order valence-corrected chi connectivity index (χ4v) is 0.494. The minimum absolute atomic E-state index is 0.463. The van der Waals surface area contributed by atoms with E-state index >= 15 is 0 Å². The Morgan fingerprint density at radius 2 is 2.50 bits per heavy atom. The Balaban J connectivity index is 2.73. The summed E-state index contributed by atoms with van der Waals surface area (Å²) < 4.78 is 4.30. The molecular weight excluding hydrogens is 108 g/mol. The molecule has 0 spiro atoms. The molecule has 0 aromatic carbocycles. The lowest BCUT2D eigenvalue weighted by Gasteiger charge is -1.99. The maximum atomic E-state index is 10.2. The van der Waals surface area contributed by atoms with Gasteiger partial charge in [-0.15, -0.1) is 0 Å². The van der Waals surface area contributed by atoms with Crippen LogP contribution < -0.4 is 0 Å². The van der Waals surface area contributed by atoms with Crippen molar-refractivity contribution in [3.05, 3.63) is 11.6 Å². The van der Waals surface area contributed by atoms with Gasteiger partial charge in [0.1, 0.15) is 0 Å². The van der Waals surface area contributed by atoms with Crippen LogP contribution in [-0.4, -0.2) is 17.4 Å². The minimum atomic E-state index is -0.998. The van der Waals surface area contributed by atoms with Crippen LogP contribution in [0.25, 0.3) is 0 Å². The second-order valence-electron chi connectivity index (χ2n) is 1.68. The van der Waals surface area contributed by atoms with Crippen LogP contribution in [0.1, 0.15) is 6.92 Å². The number of ether oxygens (including phenoxy) is 1. The second-order valence-corrected chi connectivity index (χ2v) is 1.68. The molecule has 0 aliphatic carbocycles. The molecule has 44 valence electrons. The predicted molar refractivity (Wildman–Crippen MR) is 25.9 cm³/mol. The molecule has 0 saturated heterocycles. The van der Waals surface area contributed by atoms with Gasteiger partial charge in [-0.2, -0.15) is 0 Å². The average Bonchev–Trinajstić information content (AvgIpc) is 1.85. The highest BCUT2D eigenvalue weighted by atomic mass is 16.6. The normalized spacial score (nSPS) is 27.5. The number of rotatable bonds is 0. The molecule has 1 aliphatic rings.